The molecule has 0 fully saturated rings. The summed E-state index contributed by atoms with van der Waals surface area (Å²) in [4.78, 5) is 34.4. The summed E-state index contributed by atoms with van der Waals surface area (Å²) in [7, 11) is 0. The van der Waals surface area contributed by atoms with Crippen LogP contribution in [0.15, 0.2) is 0 Å². The molecule has 0 aromatic rings. The highest BCUT2D eigenvalue weighted by molar-refractivity contribution is 5.57. The Morgan fingerprint density at radius 2 is 0.950 bits per heavy atom. The van der Waals surface area contributed by atoms with Crippen LogP contribution in [0.25, 0.3) is 0 Å². The quantitative estimate of drug-likeness (QED) is 0.261. The van der Waals surface area contributed by atoms with Crippen molar-refractivity contribution in [2.24, 2.45) is 10.8 Å². The maximum atomic E-state index is 9.83. The van der Waals surface area contributed by atoms with Gasteiger partial charge in [0, 0.05) is 10.8 Å². The monoisotopic (exact) mass is 298 g/mol. The second-order valence-electron chi connectivity index (χ2n) is 5.70. The van der Waals surface area contributed by atoms with Crippen molar-refractivity contribution < 1.29 is 39.7 Å². The number of hydrogen-bond donors (Lipinski definition) is 2. The lowest BCUT2D eigenvalue weighted by Gasteiger charge is -2.03. The number of aldehydes is 2. The molecule has 0 rings (SSSR count). The summed E-state index contributed by atoms with van der Waals surface area (Å²) in [6.07, 6.45) is 1.88. The van der Waals surface area contributed by atoms with Gasteiger partial charge >= 0.3 is 0 Å². The molecule has 0 aromatic carbocycles. The van der Waals surface area contributed by atoms with Gasteiger partial charge in [-0.05, 0) is 0 Å². The smallest absolute Gasteiger partial charge is 0.214 e. The fourth-order valence-corrected chi connectivity index (χ4v) is 0.111. The third-order valence-electron chi connectivity index (χ3n) is 0.992. The van der Waals surface area contributed by atoms with Crippen LogP contribution in [0.2, 0.25) is 0 Å². The van der Waals surface area contributed by atoms with Gasteiger partial charge in [-0.1, -0.05) is 41.5 Å². The molecule has 0 atom stereocenters. The van der Waals surface area contributed by atoms with E-state index in [1.165, 1.54) is 0 Å². The predicted molar refractivity (Wildman–Crippen MR) is 70.4 cm³/mol. The van der Waals surface area contributed by atoms with E-state index in [2.05, 4.69) is 19.6 Å². The molecular weight excluding hydrogens is 272 g/mol. The molecule has 0 bridgehead atoms. The first kappa shape index (κ1) is 24.1. The first-order chi connectivity index (χ1) is 9.04. The minimum atomic E-state index is -0.427. The lowest BCUT2D eigenvalue weighted by atomic mass is 10.0. The van der Waals surface area contributed by atoms with Crippen LogP contribution in [-0.2, 0) is 29.1 Å². The molecule has 0 aliphatic rings. The van der Waals surface area contributed by atoms with Crippen LogP contribution in [0.1, 0.15) is 41.5 Å². The van der Waals surface area contributed by atoms with Crippen LogP contribution in [-0.4, -0.2) is 36.7 Å². The predicted octanol–water partition coefficient (Wildman–Crippen LogP) is 2.29. The molecule has 122 valence electrons. The van der Waals surface area contributed by atoms with E-state index in [-0.39, 0.29) is 10.8 Å². The SMILES string of the molecule is CC(C)(C)C=O.CC(C)(C)C=O.OOCOOCOO. The maximum absolute atomic E-state index is 9.83. The highest BCUT2D eigenvalue weighted by Crippen LogP contribution is 2.06. The molecule has 0 saturated carbocycles. The molecule has 0 amide bonds. The summed E-state index contributed by atoms with van der Waals surface area (Å²) in [5.74, 6) is 0. The highest BCUT2D eigenvalue weighted by Gasteiger charge is 2.05. The van der Waals surface area contributed by atoms with Gasteiger partial charge in [0.15, 0.2) is 0 Å². The Morgan fingerprint density at radius 1 is 0.750 bits per heavy atom. The van der Waals surface area contributed by atoms with Crippen molar-refractivity contribution in [3.05, 3.63) is 0 Å². The molecule has 2 N–H and O–H groups in total. The average molecular weight is 298 g/mol. The van der Waals surface area contributed by atoms with Gasteiger partial charge in [0.05, 0.1) is 0 Å². The number of carbonyl (C=O) groups excluding carboxylic acids is 2. The van der Waals surface area contributed by atoms with E-state index in [9.17, 15) is 9.59 Å². The fourth-order valence-electron chi connectivity index (χ4n) is 0.111. The first-order valence-corrected chi connectivity index (χ1v) is 5.74. The van der Waals surface area contributed by atoms with Crippen LogP contribution < -0.4 is 0 Å². The number of carbonyl (C=O) groups is 2. The molecule has 0 aromatic heterocycles. The molecule has 0 aliphatic heterocycles. The zero-order valence-electron chi connectivity index (χ0n) is 12.9. The molecule has 0 saturated heterocycles. The second kappa shape index (κ2) is 14.5. The Labute approximate surface area is 119 Å². The van der Waals surface area contributed by atoms with Crippen molar-refractivity contribution in [3.8, 4) is 0 Å². The molecule has 0 radical (unpaired) electrons. The molecule has 8 heteroatoms. The van der Waals surface area contributed by atoms with Crippen molar-refractivity contribution in [3.63, 3.8) is 0 Å². The normalized spacial score (nSPS) is 10.6. The van der Waals surface area contributed by atoms with E-state index in [4.69, 9.17) is 10.5 Å². The van der Waals surface area contributed by atoms with Crippen LogP contribution >= 0.6 is 0 Å². The summed E-state index contributed by atoms with van der Waals surface area (Å²) in [6, 6.07) is 0. The van der Waals surface area contributed by atoms with Crippen molar-refractivity contribution in [1.82, 2.24) is 0 Å². The number of rotatable bonds is 5. The highest BCUT2D eigenvalue weighted by atomic mass is 17.3. The van der Waals surface area contributed by atoms with E-state index in [1.54, 1.807) is 0 Å². The summed E-state index contributed by atoms with van der Waals surface area (Å²) in [6.45, 7) is 10.4. The van der Waals surface area contributed by atoms with Crippen molar-refractivity contribution in [2.75, 3.05) is 13.6 Å². The van der Waals surface area contributed by atoms with Crippen molar-refractivity contribution >= 4 is 12.6 Å². The van der Waals surface area contributed by atoms with Crippen molar-refractivity contribution in [2.45, 2.75) is 41.5 Å². The topological polar surface area (TPSA) is 112 Å². The lowest BCUT2D eigenvalue weighted by molar-refractivity contribution is -0.449. The Balaban J connectivity index is -0.000000221. The van der Waals surface area contributed by atoms with Crippen molar-refractivity contribution in [1.29, 1.82) is 0 Å². The second-order valence-corrected chi connectivity index (χ2v) is 5.70. The van der Waals surface area contributed by atoms with E-state index in [0.29, 0.717) is 0 Å². The van der Waals surface area contributed by atoms with Gasteiger partial charge in [0.1, 0.15) is 12.6 Å². The van der Waals surface area contributed by atoms with Crippen LogP contribution in [0.4, 0.5) is 0 Å². The van der Waals surface area contributed by atoms with Gasteiger partial charge in [-0.25, -0.2) is 30.1 Å². The van der Waals surface area contributed by atoms with Gasteiger partial charge in [-0.15, -0.1) is 0 Å². The van der Waals surface area contributed by atoms with E-state index >= 15 is 0 Å². The van der Waals surface area contributed by atoms with Crippen LogP contribution in [0.5, 0.6) is 0 Å². The third kappa shape index (κ3) is 43.5. The summed E-state index contributed by atoms with van der Waals surface area (Å²) >= 11 is 0. The largest absolute Gasteiger partial charge is 0.303 e. The van der Waals surface area contributed by atoms with Gasteiger partial charge in [-0.2, -0.15) is 0 Å². The van der Waals surface area contributed by atoms with Gasteiger partial charge in [0.2, 0.25) is 13.6 Å². The Bertz CT molecular complexity index is 192. The Kier molecular flexibility index (Phi) is 17.5. The molecule has 8 nitrogen and oxygen atoms in total. The van der Waals surface area contributed by atoms with E-state index in [0.717, 1.165) is 12.6 Å². The van der Waals surface area contributed by atoms with Crippen LogP contribution in [0, 0.1) is 10.8 Å². The van der Waals surface area contributed by atoms with Crippen LogP contribution in [0.3, 0.4) is 0 Å². The zero-order chi connectivity index (χ0) is 16.7. The van der Waals surface area contributed by atoms with E-state index in [1.807, 2.05) is 41.5 Å². The minimum absolute atomic E-state index is 0.139. The van der Waals surface area contributed by atoms with Gasteiger partial charge in [-0.3, -0.25) is 0 Å². The molecule has 0 aliphatic carbocycles. The summed E-state index contributed by atoms with van der Waals surface area (Å²) < 4.78 is 0. The summed E-state index contributed by atoms with van der Waals surface area (Å²) in [5.41, 5.74) is -0.278. The number of hydrogen-bond acceptors (Lipinski definition) is 8. The lowest BCUT2D eigenvalue weighted by Crippen LogP contribution is -2.04. The molecule has 0 spiro atoms. The minimum Gasteiger partial charge on any atom is -0.303 e. The molecule has 0 heterocycles. The zero-order valence-corrected chi connectivity index (χ0v) is 12.9. The van der Waals surface area contributed by atoms with E-state index < -0.39 is 13.6 Å². The fraction of sp³-hybridized carbons (Fsp3) is 0.833. The molecular formula is C12H26O8. The Hall–Kier alpha value is -0.900. The standard InChI is InChI=1S/2C5H10O.C2H6O6/c2*1-5(2,3)4-6;3-5-1-7-8-2-6-4/h2*4H,1-3H3;3-4H,1-2H2. The summed E-state index contributed by atoms with van der Waals surface area (Å²) in [5, 5.41) is 15.1. The van der Waals surface area contributed by atoms with Gasteiger partial charge in [0.25, 0.3) is 0 Å². The maximum Gasteiger partial charge on any atom is 0.214 e. The third-order valence-corrected chi connectivity index (χ3v) is 0.992. The first-order valence-electron chi connectivity index (χ1n) is 5.74. The molecule has 0 unspecified atom stereocenters. The van der Waals surface area contributed by atoms with Gasteiger partial charge < -0.3 is 9.59 Å². The Morgan fingerprint density at radius 3 is 1.05 bits per heavy atom. The average Bonchev–Trinajstić information content (AvgIpc) is 2.35. The molecule has 20 heavy (non-hydrogen) atoms.